The van der Waals surface area contributed by atoms with Gasteiger partial charge in [-0.25, -0.2) is 4.79 Å². The summed E-state index contributed by atoms with van der Waals surface area (Å²) in [5.74, 6) is -1.19. The summed E-state index contributed by atoms with van der Waals surface area (Å²) in [7, 11) is 0. The number of aliphatic carboxylic acids is 1. The number of hydrogen-bond acceptors (Lipinski definition) is 4. The number of carboxylic acid groups (broad SMARTS) is 1. The Kier molecular flexibility index (Phi) is 4.42. The van der Waals surface area contributed by atoms with E-state index in [1.807, 2.05) is 0 Å². The lowest BCUT2D eigenvalue weighted by Crippen LogP contribution is -2.43. The first-order chi connectivity index (χ1) is 9.00. The van der Waals surface area contributed by atoms with Crippen molar-refractivity contribution in [1.82, 2.24) is 5.32 Å². The van der Waals surface area contributed by atoms with Crippen LogP contribution in [0.5, 0.6) is 0 Å². The largest absolute Gasteiger partial charge is 0.479 e. The van der Waals surface area contributed by atoms with E-state index >= 15 is 0 Å². The van der Waals surface area contributed by atoms with Crippen LogP contribution >= 0.6 is 0 Å². The minimum Gasteiger partial charge on any atom is -0.479 e. The Morgan fingerprint density at radius 3 is 2.47 bits per heavy atom. The van der Waals surface area contributed by atoms with Gasteiger partial charge in [-0.15, -0.1) is 0 Å². The molecule has 2 heterocycles. The maximum Gasteiger partial charge on any atom is 0.332 e. The third-order valence-corrected chi connectivity index (χ3v) is 3.98. The molecular formula is C13H21NO5. The van der Waals surface area contributed by atoms with Gasteiger partial charge in [-0.1, -0.05) is 6.92 Å². The highest BCUT2D eigenvalue weighted by Gasteiger charge is 2.35. The van der Waals surface area contributed by atoms with E-state index in [0.717, 1.165) is 26.1 Å². The monoisotopic (exact) mass is 271 g/mol. The van der Waals surface area contributed by atoms with Crippen molar-refractivity contribution in [1.29, 1.82) is 0 Å². The van der Waals surface area contributed by atoms with Crippen LogP contribution in [0.1, 0.15) is 32.6 Å². The normalized spacial score (nSPS) is 29.9. The van der Waals surface area contributed by atoms with Gasteiger partial charge in [-0.05, 0) is 31.1 Å². The first-order valence-electron chi connectivity index (χ1n) is 6.74. The molecule has 6 nitrogen and oxygen atoms in total. The molecule has 0 aliphatic carbocycles. The summed E-state index contributed by atoms with van der Waals surface area (Å²) >= 11 is 0. The first kappa shape index (κ1) is 14.3. The number of carbonyl (C=O) groups is 2. The number of hydrogen-bond donors (Lipinski definition) is 2. The quantitative estimate of drug-likeness (QED) is 0.780. The van der Waals surface area contributed by atoms with E-state index in [-0.39, 0.29) is 11.3 Å². The van der Waals surface area contributed by atoms with Gasteiger partial charge in [-0.2, -0.15) is 0 Å². The average Bonchev–Trinajstić information content (AvgIpc) is 2.87. The third-order valence-electron chi connectivity index (χ3n) is 3.98. The molecule has 0 saturated carbocycles. The highest BCUT2D eigenvalue weighted by atomic mass is 16.5. The highest BCUT2D eigenvalue weighted by Crippen LogP contribution is 2.29. The summed E-state index contributed by atoms with van der Waals surface area (Å²) in [5.41, 5.74) is 0.0682. The minimum atomic E-state index is -0.994. The summed E-state index contributed by atoms with van der Waals surface area (Å²) in [4.78, 5) is 22.7. The zero-order valence-corrected chi connectivity index (χ0v) is 11.2. The second-order valence-electron chi connectivity index (χ2n) is 5.67. The fourth-order valence-corrected chi connectivity index (χ4v) is 2.47. The zero-order valence-electron chi connectivity index (χ0n) is 11.2. The van der Waals surface area contributed by atoms with E-state index < -0.39 is 18.2 Å². The molecule has 0 aromatic carbocycles. The molecule has 0 radical (unpaired) electrons. The molecule has 0 bridgehead atoms. The van der Waals surface area contributed by atoms with Crippen LogP contribution in [0, 0.1) is 5.41 Å². The number of carbonyl (C=O) groups excluding carboxylic acids is 1. The van der Waals surface area contributed by atoms with Crippen LogP contribution in [-0.4, -0.2) is 48.9 Å². The molecule has 2 atom stereocenters. The third kappa shape index (κ3) is 3.67. The zero-order chi connectivity index (χ0) is 13.9. The van der Waals surface area contributed by atoms with Gasteiger partial charge in [0.2, 0.25) is 5.91 Å². The van der Waals surface area contributed by atoms with Crippen molar-refractivity contribution in [2.45, 2.75) is 44.8 Å². The Morgan fingerprint density at radius 2 is 1.89 bits per heavy atom. The number of amides is 1. The van der Waals surface area contributed by atoms with Crippen LogP contribution in [-0.2, 0) is 19.1 Å². The van der Waals surface area contributed by atoms with Crippen LogP contribution in [0.25, 0.3) is 0 Å². The Morgan fingerprint density at radius 1 is 1.26 bits per heavy atom. The molecule has 2 aliphatic rings. The van der Waals surface area contributed by atoms with Crippen LogP contribution in [0.15, 0.2) is 0 Å². The molecule has 19 heavy (non-hydrogen) atoms. The number of ether oxygens (including phenoxy) is 2. The van der Waals surface area contributed by atoms with Crippen molar-refractivity contribution < 1.29 is 24.2 Å². The molecule has 2 saturated heterocycles. The summed E-state index contributed by atoms with van der Waals surface area (Å²) in [6, 6.07) is 0. The van der Waals surface area contributed by atoms with E-state index in [2.05, 4.69) is 12.2 Å². The van der Waals surface area contributed by atoms with Gasteiger partial charge in [0, 0.05) is 19.8 Å². The van der Waals surface area contributed by atoms with E-state index in [9.17, 15) is 9.59 Å². The van der Waals surface area contributed by atoms with Crippen LogP contribution in [0.4, 0.5) is 0 Å². The molecule has 2 fully saturated rings. The Bertz CT molecular complexity index is 351. The van der Waals surface area contributed by atoms with Gasteiger partial charge < -0.3 is 19.9 Å². The minimum absolute atomic E-state index is 0.0682. The molecular weight excluding hydrogens is 250 g/mol. The molecule has 0 aromatic heterocycles. The first-order valence-corrected chi connectivity index (χ1v) is 6.74. The molecule has 0 spiro atoms. The van der Waals surface area contributed by atoms with E-state index in [1.54, 1.807) is 0 Å². The van der Waals surface area contributed by atoms with Gasteiger partial charge in [0.15, 0.2) is 6.10 Å². The summed E-state index contributed by atoms with van der Waals surface area (Å²) < 4.78 is 10.5. The highest BCUT2D eigenvalue weighted by molar-refractivity contribution is 5.82. The Labute approximate surface area is 112 Å². The van der Waals surface area contributed by atoms with Gasteiger partial charge >= 0.3 is 5.97 Å². The molecule has 108 valence electrons. The number of nitrogens with one attached hydrogen (secondary N) is 1. The lowest BCUT2D eigenvalue weighted by atomic mass is 9.82. The smallest absolute Gasteiger partial charge is 0.332 e. The van der Waals surface area contributed by atoms with Gasteiger partial charge in [-0.3, -0.25) is 4.79 Å². The van der Waals surface area contributed by atoms with E-state index in [1.165, 1.54) is 0 Å². The standard InChI is InChI=1S/C13H21NO5/c1-13(4-6-18-7-5-13)8-14-11(15)9-2-3-10(19-9)12(16)17/h9-10H,2-8H2,1H3,(H,14,15)(H,16,17). The fourth-order valence-electron chi connectivity index (χ4n) is 2.47. The summed E-state index contributed by atoms with van der Waals surface area (Å²) in [6.45, 7) is 4.18. The maximum atomic E-state index is 11.9. The fraction of sp³-hybridized carbons (Fsp3) is 0.846. The SMILES string of the molecule is CC1(CNC(=O)C2CCC(C(=O)O)O2)CCOCC1. The molecule has 2 rings (SSSR count). The summed E-state index contributed by atoms with van der Waals surface area (Å²) in [5, 5.41) is 11.7. The van der Waals surface area contributed by atoms with Gasteiger partial charge in [0.05, 0.1) is 0 Å². The number of carboxylic acids is 1. The molecule has 2 N–H and O–H groups in total. The van der Waals surface area contributed by atoms with E-state index in [0.29, 0.717) is 19.4 Å². The predicted octanol–water partition coefficient (Wildman–Crippen LogP) is 0.551. The second-order valence-corrected chi connectivity index (χ2v) is 5.67. The van der Waals surface area contributed by atoms with Gasteiger partial charge in [0.1, 0.15) is 6.10 Å². The molecule has 0 aromatic rings. The number of rotatable bonds is 4. The Balaban J connectivity index is 1.77. The van der Waals surface area contributed by atoms with Crippen LogP contribution in [0.3, 0.4) is 0 Å². The van der Waals surface area contributed by atoms with Crippen molar-refractivity contribution in [2.75, 3.05) is 19.8 Å². The molecule has 2 aliphatic heterocycles. The maximum absolute atomic E-state index is 11.9. The van der Waals surface area contributed by atoms with Crippen molar-refractivity contribution in [3.05, 3.63) is 0 Å². The lowest BCUT2D eigenvalue weighted by molar-refractivity contribution is -0.151. The summed E-state index contributed by atoms with van der Waals surface area (Å²) in [6.07, 6.45) is 1.27. The van der Waals surface area contributed by atoms with Crippen molar-refractivity contribution in [3.63, 3.8) is 0 Å². The van der Waals surface area contributed by atoms with Crippen LogP contribution in [0.2, 0.25) is 0 Å². The van der Waals surface area contributed by atoms with E-state index in [4.69, 9.17) is 14.6 Å². The molecule has 6 heteroatoms. The molecule has 2 unspecified atom stereocenters. The van der Waals surface area contributed by atoms with Crippen molar-refractivity contribution in [2.24, 2.45) is 5.41 Å². The van der Waals surface area contributed by atoms with Crippen molar-refractivity contribution in [3.8, 4) is 0 Å². The lowest BCUT2D eigenvalue weighted by Gasteiger charge is -2.33. The topological polar surface area (TPSA) is 84.9 Å². The Hall–Kier alpha value is -1.14. The second kappa shape index (κ2) is 5.88. The predicted molar refractivity (Wildman–Crippen MR) is 66.7 cm³/mol. The average molecular weight is 271 g/mol. The molecule has 1 amide bonds. The van der Waals surface area contributed by atoms with Gasteiger partial charge in [0.25, 0.3) is 0 Å². The van der Waals surface area contributed by atoms with Crippen LogP contribution < -0.4 is 5.32 Å². The van der Waals surface area contributed by atoms with Crippen molar-refractivity contribution >= 4 is 11.9 Å².